The van der Waals surface area contributed by atoms with E-state index in [1.54, 1.807) is 0 Å². The third-order valence-electron chi connectivity index (χ3n) is 3.00. The maximum absolute atomic E-state index is 10.4. The van der Waals surface area contributed by atoms with Gasteiger partial charge in [-0.15, -0.1) is 0 Å². The second-order valence-corrected chi connectivity index (χ2v) is 4.72. The Balaban J connectivity index is 1.75. The van der Waals surface area contributed by atoms with E-state index in [4.69, 9.17) is 9.84 Å². The zero-order valence-electron chi connectivity index (χ0n) is 11.8. The van der Waals surface area contributed by atoms with Gasteiger partial charge in [0, 0.05) is 18.7 Å². The molecule has 110 valence electrons. The van der Waals surface area contributed by atoms with Crippen molar-refractivity contribution in [3.8, 4) is 5.75 Å². The normalized spacial score (nSPS) is 10.1. The lowest BCUT2D eigenvalue weighted by atomic mass is 10.2. The minimum atomic E-state index is -0.763. The maximum atomic E-state index is 10.4. The molecule has 0 saturated carbocycles. The highest BCUT2D eigenvalue weighted by Crippen LogP contribution is 2.17. The lowest BCUT2D eigenvalue weighted by Gasteiger charge is -2.08. The smallest absolute Gasteiger partial charge is 0.303 e. The summed E-state index contributed by atoms with van der Waals surface area (Å²) < 4.78 is 5.70. The van der Waals surface area contributed by atoms with Gasteiger partial charge in [0.25, 0.3) is 0 Å². The molecule has 0 aliphatic heterocycles. The van der Waals surface area contributed by atoms with Crippen molar-refractivity contribution in [3.63, 3.8) is 0 Å². The Labute approximate surface area is 124 Å². The summed E-state index contributed by atoms with van der Waals surface area (Å²) in [5.41, 5.74) is 2.10. The summed E-state index contributed by atoms with van der Waals surface area (Å²) in [4.78, 5) is 10.4. The molecule has 4 nitrogen and oxygen atoms in total. The van der Waals surface area contributed by atoms with Gasteiger partial charge in [-0.3, -0.25) is 4.79 Å². The average molecular weight is 285 g/mol. The monoisotopic (exact) mass is 285 g/mol. The molecule has 0 amide bonds. The summed E-state index contributed by atoms with van der Waals surface area (Å²) in [5, 5.41) is 11.7. The van der Waals surface area contributed by atoms with E-state index in [1.807, 2.05) is 54.6 Å². The standard InChI is InChI=1S/C17H19NO3/c19-17(20)7-4-12-18-15-8-10-16(11-9-15)21-13-14-5-2-1-3-6-14/h1-3,5-6,8-11,18H,4,7,12-13H2,(H,19,20). The largest absolute Gasteiger partial charge is 0.489 e. The lowest BCUT2D eigenvalue weighted by Crippen LogP contribution is -2.04. The topological polar surface area (TPSA) is 58.6 Å². The molecule has 2 rings (SSSR count). The van der Waals surface area contributed by atoms with Crippen molar-refractivity contribution in [2.45, 2.75) is 19.4 Å². The highest BCUT2D eigenvalue weighted by atomic mass is 16.5. The number of carboxylic acid groups (broad SMARTS) is 1. The fourth-order valence-corrected chi connectivity index (χ4v) is 1.88. The van der Waals surface area contributed by atoms with E-state index in [-0.39, 0.29) is 6.42 Å². The van der Waals surface area contributed by atoms with Gasteiger partial charge in [0.2, 0.25) is 0 Å². The van der Waals surface area contributed by atoms with Gasteiger partial charge in [0.05, 0.1) is 0 Å². The fraction of sp³-hybridized carbons (Fsp3) is 0.235. The number of rotatable bonds is 8. The van der Waals surface area contributed by atoms with E-state index >= 15 is 0 Å². The third-order valence-corrected chi connectivity index (χ3v) is 3.00. The molecule has 4 heteroatoms. The highest BCUT2D eigenvalue weighted by Gasteiger charge is 1.98. The molecule has 0 heterocycles. The Hall–Kier alpha value is -2.49. The van der Waals surface area contributed by atoms with Gasteiger partial charge < -0.3 is 15.2 Å². The second-order valence-electron chi connectivity index (χ2n) is 4.72. The number of nitrogens with one attached hydrogen (secondary N) is 1. The molecule has 0 aliphatic carbocycles. The average Bonchev–Trinajstić information content (AvgIpc) is 2.51. The minimum absolute atomic E-state index is 0.186. The number of aliphatic carboxylic acids is 1. The Morgan fingerprint density at radius 3 is 2.43 bits per heavy atom. The van der Waals surface area contributed by atoms with Crippen molar-refractivity contribution in [3.05, 3.63) is 60.2 Å². The molecule has 2 aromatic rings. The molecule has 21 heavy (non-hydrogen) atoms. The second kappa shape index (κ2) is 7.94. The van der Waals surface area contributed by atoms with E-state index < -0.39 is 5.97 Å². The molecule has 0 saturated heterocycles. The first-order chi connectivity index (χ1) is 10.2. The van der Waals surface area contributed by atoms with Gasteiger partial charge >= 0.3 is 5.97 Å². The van der Waals surface area contributed by atoms with Crippen LogP contribution < -0.4 is 10.1 Å². The minimum Gasteiger partial charge on any atom is -0.489 e. The summed E-state index contributed by atoms with van der Waals surface area (Å²) in [5.74, 6) is 0.0522. The summed E-state index contributed by atoms with van der Waals surface area (Å²) in [6.07, 6.45) is 0.798. The van der Waals surface area contributed by atoms with Crippen molar-refractivity contribution in [2.75, 3.05) is 11.9 Å². The van der Waals surface area contributed by atoms with Crippen LogP contribution in [0.1, 0.15) is 18.4 Å². The molecule has 0 bridgehead atoms. The number of ether oxygens (including phenoxy) is 1. The van der Waals surface area contributed by atoms with Gasteiger partial charge in [-0.25, -0.2) is 0 Å². The Morgan fingerprint density at radius 2 is 1.76 bits per heavy atom. The molecule has 0 unspecified atom stereocenters. The number of hydrogen-bond donors (Lipinski definition) is 2. The quantitative estimate of drug-likeness (QED) is 0.728. The summed E-state index contributed by atoms with van der Waals surface area (Å²) in [7, 11) is 0. The number of anilines is 1. The van der Waals surface area contributed by atoms with E-state index in [2.05, 4.69) is 5.32 Å². The Bertz CT molecular complexity index is 552. The van der Waals surface area contributed by atoms with Gasteiger partial charge in [-0.2, -0.15) is 0 Å². The van der Waals surface area contributed by atoms with E-state index in [1.165, 1.54) is 0 Å². The molecule has 0 fully saturated rings. The van der Waals surface area contributed by atoms with Crippen LogP contribution in [0, 0.1) is 0 Å². The summed E-state index contributed by atoms with van der Waals surface area (Å²) in [6, 6.07) is 17.7. The number of carbonyl (C=O) groups is 1. The molecule has 0 radical (unpaired) electrons. The summed E-state index contributed by atoms with van der Waals surface area (Å²) in [6.45, 7) is 1.20. The zero-order chi connectivity index (χ0) is 14.9. The van der Waals surface area contributed by atoms with Crippen LogP contribution in [0.4, 0.5) is 5.69 Å². The van der Waals surface area contributed by atoms with Crippen molar-refractivity contribution >= 4 is 11.7 Å². The molecule has 0 atom stereocenters. The first-order valence-electron chi connectivity index (χ1n) is 6.96. The van der Waals surface area contributed by atoms with Crippen molar-refractivity contribution < 1.29 is 14.6 Å². The van der Waals surface area contributed by atoms with Crippen LogP contribution in [0.5, 0.6) is 5.75 Å². The zero-order valence-corrected chi connectivity index (χ0v) is 11.8. The predicted octanol–water partition coefficient (Wildman–Crippen LogP) is 3.54. The molecule has 0 aromatic heterocycles. The highest BCUT2D eigenvalue weighted by molar-refractivity contribution is 5.66. The van der Waals surface area contributed by atoms with E-state index in [0.717, 1.165) is 17.0 Å². The SMILES string of the molecule is O=C(O)CCCNc1ccc(OCc2ccccc2)cc1. The van der Waals surface area contributed by atoms with Crippen LogP contribution in [0.3, 0.4) is 0 Å². The molecule has 0 spiro atoms. The van der Waals surface area contributed by atoms with Crippen LogP contribution in [0.25, 0.3) is 0 Å². The fourth-order valence-electron chi connectivity index (χ4n) is 1.88. The van der Waals surface area contributed by atoms with Gasteiger partial charge in [-0.1, -0.05) is 30.3 Å². The van der Waals surface area contributed by atoms with E-state index in [0.29, 0.717) is 19.6 Å². The van der Waals surface area contributed by atoms with Gasteiger partial charge in [0.15, 0.2) is 0 Å². The summed E-state index contributed by atoms with van der Waals surface area (Å²) >= 11 is 0. The van der Waals surface area contributed by atoms with Crippen LogP contribution in [-0.2, 0) is 11.4 Å². The van der Waals surface area contributed by atoms with Crippen LogP contribution in [-0.4, -0.2) is 17.6 Å². The lowest BCUT2D eigenvalue weighted by molar-refractivity contribution is -0.137. The van der Waals surface area contributed by atoms with Crippen LogP contribution >= 0.6 is 0 Å². The first-order valence-corrected chi connectivity index (χ1v) is 6.96. The molecule has 0 aliphatic rings. The van der Waals surface area contributed by atoms with E-state index in [9.17, 15) is 4.79 Å². The molecular weight excluding hydrogens is 266 g/mol. The van der Waals surface area contributed by atoms with Gasteiger partial charge in [-0.05, 0) is 36.2 Å². The first kappa shape index (κ1) is 14.9. The molecular formula is C17H19NO3. The Kier molecular flexibility index (Phi) is 5.64. The number of benzene rings is 2. The van der Waals surface area contributed by atoms with Crippen LogP contribution in [0.2, 0.25) is 0 Å². The molecule has 2 N–H and O–H groups in total. The third kappa shape index (κ3) is 5.57. The molecule has 2 aromatic carbocycles. The maximum Gasteiger partial charge on any atom is 0.303 e. The number of hydrogen-bond acceptors (Lipinski definition) is 3. The number of carboxylic acids is 1. The predicted molar refractivity (Wildman–Crippen MR) is 82.6 cm³/mol. The van der Waals surface area contributed by atoms with Crippen molar-refractivity contribution in [1.82, 2.24) is 0 Å². The van der Waals surface area contributed by atoms with Crippen molar-refractivity contribution in [1.29, 1.82) is 0 Å². The van der Waals surface area contributed by atoms with Crippen molar-refractivity contribution in [2.24, 2.45) is 0 Å². The van der Waals surface area contributed by atoms with Crippen LogP contribution in [0.15, 0.2) is 54.6 Å². The van der Waals surface area contributed by atoms with Gasteiger partial charge in [0.1, 0.15) is 12.4 Å². The Morgan fingerprint density at radius 1 is 1.05 bits per heavy atom.